The lowest BCUT2D eigenvalue weighted by Crippen LogP contribution is -2.32. The van der Waals surface area contributed by atoms with Crippen molar-refractivity contribution in [3.8, 4) is 5.69 Å². The third kappa shape index (κ3) is 4.23. The van der Waals surface area contributed by atoms with Crippen LogP contribution >= 0.6 is 23.4 Å². The second-order valence-electron chi connectivity index (χ2n) is 6.53. The van der Waals surface area contributed by atoms with Crippen molar-refractivity contribution in [3.63, 3.8) is 0 Å². The van der Waals surface area contributed by atoms with Gasteiger partial charge in [0, 0.05) is 11.6 Å². The Morgan fingerprint density at radius 3 is 2.75 bits per heavy atom. The summed E-state index contributed by atoms with van der Waals surface area (Å²) in [7, 11) is 0. The minimum Gasteiger partial charge on any atom is -0.355 e. The molecule has 0 unspecified atom stereocenters. The summed E-state index contributed by atoms with van der Waals surface area (Å²) < 4.78 is 1.58. The highest BCUT2D eigenvalue weighted by molar-refractivity contribution is 8.00. The van der Waals surface area contributed by atoms with Crippen LogP contribution in [0.1, 0.15) is 25.8 Å². The van der Waals surface area contributed by atoms with Crippen molar-refractivity contribution >= 4 is 40.2 Å². The normalized spacial score (nSPS) is 12.1. The van der Waals surface area contributed by atoms with Gasteiger partial charge in [0.15, 0.2) is 5.16 Å². The Hall–Kier alpha value is -2.31. The fourth-order valence-electron chi connectivity index (χ4n) is 2.85. The molecular weight excluding hydrogens is 394 g/mol. The van der Waals surface area contributed by atoms with Gasteiger partial charge in [0.25, 0.3) is 5.56 Å². The molecule has 0 fully saturated rings. The number of hydrogen-bond acceptors (Lipinski definition) is 4. The summed E-state index contributed by atoms with van der Waals surface area (Å²) >= 11 is 7.36. The fraction of sp³-hybridized carbons (Fsp3) is 0.286. The Kier molecular flexibility index (Phi) is 6.42. The molecule has 7 heteroatoms. The summed E-state index contributed by atoms with van der Waals surface area (Å²) in [6.45, 7) is 6.38. The Morgan fingerprint density at radius 2 is 2.04 bits per heavy atom. The molecule has 0 saturated heterocycles. The van der Waals surface area contributed by atoms with Gasteiger partial charge in [-0.25, -0.2) is 4.98 Å². The predicted molar refractivity (Wildman–Crippen MR) is 116 cm³/mol. The smallest absolute Gasteiger partial charge is 0.266 e. The first-order valence-corrected chi connectivity index (χ1v) is 10.4. The molecule has 3 rings (SSSR count). The molecule has 1 N–H and O–H groups in total. The number of benzene rings is 2. The molecule has 1 aromatic heterocycles. The van der Waals surface area contributed by atoms with Crippen LogP contribution in [0.25, 0.3) is 16.6 Å². The van der Waals surface area contributed by atoms with Crippen molar-refractivity contribution in [1.82, 2.24) is 14.9 Å². The predicted octanol–water partition coefficient (Wildman–Crippen LogP) is 4.35. The van der Waals surface area contributed by atoms with Crippen LogP contribution < -0.4 is 10.9 Å². The lowest BCUT2D eigenvalue weighted by Gasteiger charge is -2.17. The maximum Gasteiger partial charge on any atom is 0.266 e. The number of hydrogen-bond donors (Lipinski definition) is 1. The maximum absolute atomic E-state index is 13.3. The van der Waals surface area contributed by atoms with Crippen LogP contribution in [-0.2, 0) is 4.79 Å². The molecule has 1 heterocycles. The number of halogens is 1. The summed E-state index contributed by atoms with van der Waals surface area (Å²) in [5, 5.41) is 3.95. The number of rotatable bonds is 6. The number of thioether (sulfide) groups is 1. The number of carbonyl (C=O) groups excluding carboxylic acids is 1. The van der Waals surface area contributed by atoms with Gasteiger partial charge in [0.05, 0.1) is 21.8 Å². The zero-order valence-electron chi connectivity index (χ0n) is 16.0. The lowest BCUT2D eigenvalue weighted by atomic mass is 10.2. The van der Waals surface area contributed by atoms with Crippen LogP contribution in [0.5, 0.6) is 0 Å². The van der Waals surface area contributed by atoms with Gasteiger partial charge in [-0.1, -0.05) is 48.5 Å². The number of fused-ring (bicyclic) bond motifs is 1. The third-order valence-electron chi connectivity index (χ3n) is 4.36. The molecule has 0 aliphatic heterocycles. The van der Waals surface area contributed by atoms with Gasteiger partial charge >= 0.3 is 0 Å². The highest BCUT2D eigenvalue weighted by Gasteiger charge is 2.20. The van der Waals surface area contributed by atoms with Gasteiger partial charge in [-0.05, 0) is 50.1 Å². The Bertz CT molecular complexity index is 1080. The molecule has 0 spiro atoms. The van der Waals surface area contributed by atoms with E-state index in [0.717, 1.165) is 17.7 Å². The van der Waals surface area contributed by atoms with Crippen LogP contribution in [0.2, 0.25) is 5.02 Å². The minimum atomic E-state index is -0.398. The van der Waals surface area contributed by atoms with E-state index < -0.39 is 5.25 Å². The molecule has 28 heavy (non-hydrogen) atoms. The van der Waals surface area contributed by atoms with Crippen molar-refractivity contribution in [3.05, 3.63) is 63.4 Å². The van der Waals surface area contributed by atoms with Crippen molar-refractivity contribution in [2.75, 3.05) is 6.54 Å². The Labute approximate surface area is 173 Å². The second-order valence-corrected chi connectivity index (χ2v) is 8.28. The van der Waals surface area contributed by atoms with E-state index in [0.29, 0.717) is 27.6 Å². The first-order valence-electron chi connectivity index (χ1n) is 9.15. The summed E-state index contributed by atoms with van der Waals surface area (Å²) in [6, 6.07) is 12.7. The summed E-state index contributed by atoms with van der Waals surface area (Å²) in [5.74, 6) is -0.0800. The van der Waals surface area contributed by atoms with E-state index in [2.05, 4.69) is 10.3 Å². The number of aryl methyl sites for hydroxylation is 1. The molecule has 0 aliphatic rings. The van der Waals surface area contributed by atoms with Gasteiger partial charge < -0.3 is 5.32 Å². The number of aromatic nitrogens is 2. The number of amides is 1. The number of nitrogens with zero attached hydrogens (tertiary/aromatic N) is 2. The van der Waals surface area contributed by atoms with E-state index in [9.17, 15) is 9.59 Å². The molecule has 1 amide bonds. The molecule has 146 valence electrons. The monoisotopic (exact) mass is 415 g/mol. The molecular formula is C21H22ClN3O2S. The number of nitrogens with one attached hydrogen (secondary N) is 1. The van der Waals surface area contributed by atoms with Gasteiger partial charge in [-0.15, -0.1) is 0 Å². The maximum atomic E-state index is 13.3. The van der Waals surface area contributed by atoms with E-state index >= 15 is 0 Å². The number of carbonyl (C=O) groups is 1. The van der Waals surface area contributed by atoms with Crippen molar-refractivity contribution < 1.29 is 4.79 Å². The van der Waals surface area contributed by atoms with Gasteiger partial charge in [-0.2, -0.15) is 0 Å². The van der Waals surface area contributed by atoms with Crippen molar-refractivity contribution in [2.24, 2.45) is 0 Å². The molecule has 2 aromatic carbocycles. The average Bonchev–Trinajstić information content (AvgIpc) is 2.67. The third-order valence-corrected chi connectivity index (χ3v) is 5.65. The lowest BCUT2D eigenvalue weighted by molar-refractivity contribution is -0.120. The van der Waals surface area contributed by atoms with Gasteiger partial charge in [0.1, 0.15) is 0 Å². The number of para-hydroxylation sites is 1. The molecule has 0 radical (unpaired) electrons. The zero-order valence-corrected chi connectivity index (χ0v) is 17.6. The van der Waals surface area contributed by atoms with Crippen LogP contribution in [0.3, 0.4) is 0 Å². The summed E-state index contributed by atoms with van der Waals surface area (Å²) in [5.41, 5.74) is 2.04. The van der Waals surface area contributed by atoms with Crippen LogP contribution in [-0.4, -0.2) is 27.3 Å². The van der Waals surface area contributed by atoms with E-state index in [1.807, 2.05) is 45.0 Å². The molecule has 1 atom stereocenters. The summed E-state index contributed by atoms with van der Waals surface area (Å²) in [6.07, 6.45) is 0.865. The Balaban J connectivity index is 2.16. The quantitative estimate of drug-likeness (QED) is 0.480. The van der Waals surface area contributed by atoms with Crippen LogP contribution in [0.15, 0.2) is 52.4 Å². The highest BCUT2D eigenvalue weighted by Crippen LogP contribution is 2.27. The standard InChI is InChI=1S/C21H22ClN3O2S/c1-4-11-23-19(26)14(3)28-21-24-17-12-15(22)9-10-16(17)20(27)25(21)18-8-6-5-7-13(18)2/h5-10,12,14H,4,11H2,1-3H3,(H,23,26)/t14-/m1/s1. The highest BCUT2D eigenvalue weighted by atomic mass is 35.5. The molecule has 0 aliphatic carbocycles. The van der Waals surface area contributed by atoms with Crippen molar-refractivity contribution in [2.45, 2.75) is 37.6 Å². The minimum absolute atomic E-state index is 0.0800. The topological polar surface area (TPSA) is 64.0 Å². The van der Waals surface area contributed by atoms with Crippen LogP contribution in [0, 0.1) is 6.92 Å². The SMILES string of the molecule is CCCNC(=O)[C@@H](C)Sc1nc2cc(Cl)ccc2c(=O)n1-c1ccccc1C. The Morgan fingerprint density at radius 1 is 1.29 bits per heavy atom. The largest absolute Gasteiger partial charge is 0.355 e. The van der Waals surface area contributed by atoms with Gasteiger partial charge in [-0.3, -0.25) is 14.2 Å². The second kappa shape index (κ2) is 8.80. The van der Waals surface area contributed by atoms with Crippen LogP contribution in [0.4, 0.5) is 0 Å². The fourth-order valence-corrected chi connectivity index (χ4v) is 3.96. The average molecular weight is 416 g/mol. The zero-order chi connectivity index (χ0) is 20.3. The first kappa shape index (κ1) is 20.4. The van der Waals surface area contributed by atoms with E-state index in [1.165, 1.54) is 11.8 Å². The molecule has 0 saturated carbocycles. The first-order chi connectivity index (χ1) is 13.4. The summed E-state index contributed by atoms with van der Waals surface area (Å²) in [4.78, 5) is 30.3. The molecule has 3 aromatic rings. The molecule has 0 bridgehead atoms. The van der Waals surface area contributed by atoms with Gasteiger partial charge in [0.2, 0.25) is 5.91 Å². The van der Waals surface area contributed by atoms with Crippen molar-refractivity contribution in [1.29, 1.82) is 0 Å². The van der Waals surface area contributed by atoms with E-state index in [1.54, 1.807) is 22.8 Å². The van der Waals surface area contributed by atoms with E-state index in [-0.39, 0.29) is 11.5 Å². The van der Waals surface area contributed by atoms with E-state index in [4.69, 9.17) is 11.6 Å². The molecule has 5 nitrogen and oxygen atoms in total.